The fraction of sp³-hybridized carbons (Fsp3) is 0.333. The monoisotopic (exact) mass is 376 g/mol. The average Bonchev–Trinajstić information content (AvgIpc) is 3.11. The van der Waals surface area contributed by atoms with Crippen molar-refractivity contribution in [1.82, 2.24) is 30.0 Å². The van der Waals surface area contributed by atoms with Crippen LogP contribution in [0, 0.1) is 6.92 Å². The number of amides is 1. The topological polar surface area (TPSA) is 88.5 Å². The third-order valence-corrected chi connectivity index (χ3v) is 3.95. The molecule has 0 atom stereocenters. The van der Waals surface area contributed by atoms with Crippen LogP contribution in [0.5, 0.6) is 0 Å². The summed E-state index contributed by atoms with van der Waals surface area (Å²) < 4.78 is 2.76. The van der Waals surface area contributed by atoms with Crippen LogP contribution < -0.4 is 5.32 Å². The van der Waals surface area contributed by atoms with E-state index in [0.717, 1.165) is 21.5 Å². The Bertz CT molecular complexity index is 824. The van der Waals surface area contributed by atoms with Crippen LogP contribution in [0.4, 0.5) is 0 Å². The number of imidazole rings is 1. The van der Waals surface area contributed by atoms with E-state index in [-0.39, 0.29) is 5.91 Å². The number of aromatic nitrogens is 5. The van der Waals surface area contributed by atoms with Gasteiger partial charge in [-0.2, -0.15) is 5.10 Å². The second-order valence-corrected chi connectivity index (χ2v) is 6.17. The molecular weight excluding hydrogens is 360 g/mol. The number of carbonyl (C=O) groups excluding carboxylic acids is 1. The molecule has 0 bridgehead atoms. The summed E-state index contributed by atoms with van der Waals surface area (Å²) in [6, 6.07) is 3.86. The van der Waals surface area contributed by atoms with E-state index >= 15 is 0 Å². The molecule has 0 aliphatic rings. The highest BCUT2D eigenvalue weighted by Gasteiger charge is 2.07. The molecule has 8 heteroatoms. The number of nitrogens with one attached hydrogen (secondary N) is 2. The Morgan fingerprint density at radius 2 is 2.35 bits per heavy atom. The Kier molecular flexibility index (Phi) is 4.71. The number of hydrogen-bond acceptors (Lipinski definition) is 4. The molecule has 3 rings (SSSR count). The van der Waals surface area contributed by atoms with Crippen molar-refractivity contribution in [3.05, 3.63) is 40.5 Å². The molecular formula is C15H17BrN6O. The van der Waals surface area contributed by atoms with Gasteiger partial charge in [-0.15, -0.1) is 0 Å². The molecule has 0 unspecified atom stereocenters. The van der Waals surface area contributed by atoms with E-state index in [1.165, 1.54) is 0 Å². The van der Waals surface area contributed by atoms with Crippen LogP contribution in [0.3, 0.4) is 0 Å². The minimum Gasteiger partial charge on any atom is -0.354 e. The van der Waals surface area contributed by atoms with Gasteiger partial charge in [-0.05, 0) is 35.0 Å². The first-order valence-electron chi connectivity index (χ1n) is 7.37. The molecule has 0 spiro atoms. The lowest BCUT2D eigenvalue weighted by atomic mass is 10.3. The van der Waals surface area contributed by atoms with Crippen LogP contribution in [0.25, 0.3) is 11.2 Å². The number of hydrogen-bond donors (Lipinski definition) is 2. The molecule has 0 radical (unpaired) electrons. The molecule has 2 N–H and O–H groups in total. The van der Waals surface area contributed by atoms with Crippen LogP contribution >= 0.6 is 15.9 Å². The van der Waals surface area contributed by atoms with Gasteiger partial charge in [0.25, 0.3) is 0 Å². The number of aryl methyl sites for hydroxylation is 2. The third kappa shape index (κ3) is 3.95. The SMILES string of the molecule is Cc1ccnn1CCNC(=O)CCc1nc2ncc(Br)cc2[nH]1. The second kappa shape index (κ2) is 6.91. The number of rotatable bonds is 6. The Balaban J connectivity index is 1.47. The Morgan fingerprint density at radius 3 is 3.13 bits per heavy atom. The average molecular weight is 377 g/mol. The van der Waals surface area contributed by atoms with Crippen molar-refractivity contribution in [2.45, 2.75) is 26.3 Å². The zero-order chi connectivity index (χ0) is 16.2. The smallest absolute Gasteiger partial charge is 0.220 e. The Morgan fingerprint density at radius 1 is 1.48 bits per heavy atom. The molecule has 0 fully saturated rings. The predicted molar refractivity (Wildman–Crippen MR) is 89.9 cm³/mol. The summed E-state index contributed by atoms with van der Waals surface area (Å²) in [5.74, 6) is 0.771. The van der Waals surface area contributed by atoms with Gasteiger partial charge in [0.05, 0.1) is 12.1 Å². The normalized spacial score (nSPS) is 11.0. The standard InChI is InChI=1S/C15H17BrN6O/c1-10-4-5-19-22(10)7-6-17-14(23)3-2-13-20-12-8-11(16)9-18-15(12)21-13/h4-5,8-9H,2-3,6-7H2,1H3,(H,17,23)(H,18,20,21). The molecule has 3 aromatic rings. The van der Waals surface area contributed by atoms with Crippen molar-refractivity contribution < 1.29 is 4.79 Å². The number of fused-ring (bicyclic) bond motifs is 1. The summed E-state index contributed by atoms with van der Waals surface area (Å²) in [6.07, 6.45) is 4.40. The summed E-state index contributed by atoms with van der Waals surface area (Å²) >= 11 is 3.37. The zero-order valence-electron chi connectivity index (χ0n) is 12.7. The van der Waals surface area contributed by atoms with Gasteiger partial charge in [-0.25, -0.2) is 9.97 Å². The van der Waals surface area contributed by atoms with Gasteiger partial charge in [0, 0.05) is 41.9 Å². The molecule has 3 heterocycles. The molecule has 3 aromatic heterocycles. The fourth-order valence-electron chi connectivity index (χ4n) is 2.30. The Labute approximate surface area is 141 Å². The van der Waals surface area contributed by atoms with Gasteiger partial charge in [0.1, 0.15) is 5.82 Å². The highest BCUT2D eigenvalue weighted by Crippen LogP contribution is 2.15. The van der Waals surface area contributed by atoms with Crippen molar-refractivity contribution >= 4 is 33.0 Å². The quantitative estimate of drug-likeness (QED) is 0.688. The van der Waals surface area contributed by atoms with Gasteiger partial charge in [0.15, 0.2) is 5.65 Å². The molecule has 0 aliphatic carbocycles. The van der Waals surface area contributed by atoms with Gasteiger partial charge in [0.2, 0.25) is 5.91 Å². The van der Waals surface area contributed by atoms with E-state index in [1.54, 1.807) is 12.4 Å². The first-order chi connectivity index (χ1) is 11.1. The van der Waals surface area contributed by atoms with E-state index in [4.69, 9.17) is 0 Å². The maximum atomic E-state index is 11.9. The summed E-state index contributed by atoms with van der Waals surface area (Å²) in [7, 11) is 0. The van der Waals surface area contributed by atoms with Crippen molar-refractivity contribution in [3.8, 4) is 0 Å². The molecule has 1 amide bonds. The summed E-state index contributed by atoms with van der Waals surface area (Å²) in [4.78, 5) is 23.7. The van der Waals surface area contributed by atoms with Crippen molar-refractivity contribution in [2.75, 3.05) is 6.54 Å². The summed E-state index contributed by atoms with van der Waals surface area (Å²) in [6.45, 7) is 3.23. The molecule has 0 aromatic carbocycles. The van der Waals surface area contributed by atoms with Crippen LogP contribution in [0.15, 0.2) is 29.0 Å². The lowest BCUT2D eigenvalue weighted by Crippen LogP contribution is -2.28. The maximum Gasteiger partial charge on any atom is 0.220 e. The fourth-order valence-corrected chi connectivity index (χ4v) is 2.63. The minimum absolute atomic E-state index is 0.00408. The molecule has 0 aliphatic heterocycles. The van der Waals surface area contributed by atoms with E-state index in [2.05, 4.69) is 41.3 Å². The van der Waals surface area contributed by atoms with Crippen LogP contribution in [-0.4, -0.2) is 37.2 Å². The lowest BCUT2D eigenvalue weighted by molar-refractivity contribution is -0.121. The zero-order valence-corrected chi connectivity index (χ0v) is 14.3. The number of nitrogens with zero attached hydrogens (tertiary/aromatic N) is 4. The first kappa shape index (κ1) is 15.7. The number of halogens is 1. The Hall–Kier alpha value is -2.22. The highest BCUT2D eigenvalue weighted by atomic mass is 79.9. The molecule has 0 saturated heterocycles. The first-order valence-corrected chi connectivity index (χ1v) is 8.16. The third-order valence-electron chi connectivity index (χ3n) is 3.52. The molecule has 0 saturated carbocycles. The predicted octanol–water partition coefficient (Wildman–Crippen LogP) is 1.97. The van der Waals surface area contributed by atoms with Crippen LogP contribution in [0.1, 0.15) is 17.9 Å². The number of aromatic amines is 1. The van der Waals surface area contributed by atoms with E-state index in [9.17, 15) is 4.79 Å². The summed E-state index contributed by atoms with van der Waals surface area (Å²) in [5.41, 5.74) is 2.61. The van der Waals surface area contributed by atoms with Gasteiger partial charge >= 0.3 is 0 Å². The van der Waals surface area contributed by atoms with E-state index in [0.29, 0.717) is 31.6 Å². The minimum atomic E-state index is 0.00408. The largest absolute Gasteiger partial charge is 0.354 e. The lowest BCUT2D eigenvalue weighted by Gasteiger charge is -2.06. The molecule has 120 valence electrons. The molecule has 7 nitrogen and oxygen atoms in total. The van der Waals surface area contributed by atoms with Crippen molar-refractivity contribution in [1.29, 1.82) is 0 Å². The number of pyridine rings is 1. The molecule has 23 heavy (non-hydrogen) atoms. The van der Waals surface area contributed by atoms with E-state index in [1.807, 2.05) is 23.7 Å². The second-order valence-electron chi connectivity index (χ2n) is 5.25. The van der Waals surface area contributed by atoms with Crippen LogP contribution in [-0.2, 0) is 17.8 Å². The van der Waals surface area contributed by atoms with Crippen molar-refractivity contribution in [3.63, 3.8) is 0 Å². The van der Waals surface area contributed by atoms with Gasteiger partial charge in [-0.1, -0.05) is 0 Å². The summed E-state index contributed by atoms with van der Waals surface area (Å²) in [5, 5.41) is 7.07. The van der Waals surface area contributed by atoms with Crippen molar-refractivity contribution in [2.24, 2.45) is 0 Å². The maximum absolute atomic E-state index is 11.9. The highest BCUT2D eigenvalue weighted by molar-refractivity contribution is 9.10. The number of carbonyl (C=O) groups is 1. The van der Waals surface area contributed by atoms with Crippen LogP contribution in [0.2, 0.25) is 0 Å². The van der Waals surface area contributed by atoms with Gasteiger partial charge < -0.3 is 10.3 Å². The van der Waals surface area contributed by atoms with E-state index < -0.39 is 0 Å². The van der Waals surface area contributed by atoms with Gasteiger partial charge in [-0.3, -0.25) is 9.48 Å². The number of H-pyrrole nitrogens is 1.